The van der Waals surface area contributed by atoms with Gasteiger partial charge in [0, 0.05) is 17.8 Å². The summed E-state index contributed by atoms with van der Waals surface area (Å²) in [4.78, 5) is 7.74. The van der Waals surface area contributed by atoms with E-state index in [-0.39, 0.29) is 0 Å². The minimum absolute atomic E-state index is 0.539. The Morgan fingerprint density at radius 1 is 1.40 bits per heavy atom. The Kier molecular flexibility index (Phi) is 3.68. The van der Waals surface area contributed by atoms with Crippen LogP contribution in [0.4, 0.5) is 0 Å². The van der Waals surface area contributed by atoms with Gasteiger partial charge in [0.1, 0.15) is 5.82 Å². The number of nitrogens with one attached hydrogen (secondary N) is 1. The number of alkyl halides is 1. The molecule has 0 atom stereocenters. The van der Waals surface area contributed by atoms with Crippen LogP contribution in [0, 0.1) is 5.92 Å². The van der Waals surface area contributed by atoms with E-state index in [1.807, 2.05) is 6.20 Å². The maximum absolute atomic E-state index is 5.75. The van der Waals surface area contributed by atoms with Crippen molar-refractivity contribution in [3.63, 3.8) is 0 Å². The summed E-state index contributed by atoms with van der Waals surface area (Å²) in [7, 11) is 0. The fraction of sp³-hybridized carbons (Fsp3) is 0.750. The average molecular weight is 227 g/mol. The molecule has 1 fully saturated rings. The van der Waals surface area contributed by atoms with Gasteiger partial charge in [-0.3, -0.25) is 0 Å². The molecule has 0 radical (unpaired) electrons. The molecule has 2 nitrogen and oxygen atoms in total. The Hall–Kier alpha value is -0.500. The summed E-state index contributed by atoms with van der Waals surface area (Å²) in [5.41, 5.74) is 1.05. The topological polar surface area (TPSA) is 28.7 Å². The van der Waals surface area contributed by atoms with Crippen LogP contribution >= 0.6 is 11.6 Å². The minimum atomic E-state index is 0.539. The molecule has 1 N–H and O–H groups in total. The molecule has 1 aliphatic carbocycles. The maximum atomic E-state index is 5.75. The number of nitrogens with zero attached hydrogens (tertiary/aromatic N) is 1. The first-order valence-corrected chi connectivity index (χ1v) is 6.46. The highest BCUT2D eigenvalue weighted by Crippen LogP contribution is 2.35. The molecular formula is C12H19ClN2. The van der Waals surface area contributed by atoms with E-state index in [1.165, 1.54) is 32.1 Å². The van der Waals surface area contributed by atoms with E-state index in [0.717, 1.165) is 17.4 Å². The first kappa shape index (κ1) is 11.0. The Morgan fingerprint density at radius 2 is 2.13 bits per heavy atom. The van der Waals surface area contributed by atoms with Crippen LogP contribution in [0.15, 0.2) is 6.20 Å². The number of hydrogen-bond donors (Lipinski definition) is 1. The number of halogens is 1. The number of aromatic amines is 1. The molecule has 0 bridgehead atoms. The number of hydrogen-bond acceptors (Lipinski definition) is 1. The summed E-state index contributed by atoms with van der Waals surface area (Å²) >= 11 is 5.75. The van der Waals surface area contributed by atoms with Crippen molar-refractivity contribution >= 4 is 11.6 Å². The van der Waals surface area contributed by atoms with Crippen LogP contribution in [0.25, 0.3) is 0 Å². The van der Waals surface area contributed by atoms with Crippen LogP contribution in [0.2, 0.25) is 0 Å². The molecule has 0 aliphatic heterocycles. The van der Waals surface area contributed by atoms with E-state index in [0.29, 0.717) is 11.8 Å². The second kappa shape index (κ2) is 5.02. The molecule has 0 unspecified atom stereocenters. The molecule has 3 heteroatoms. The second-order valence-corrected chi connectivity index (χ2v) is 4.82. The largest absolute Gasteiger partial charge is 0.345 e. The van der Waals surface area contributed by atoms with Crippen LogP contribution in [-0.4, -0.2) is 9.97 Å². The van der Waals surface area contributed by atoms with Crippen molar-refractivity contribution in [3.05, 3.63) is 17.7 Å². The molecule has 0 spiro atoms. The minimum Gasteiger partial charge on any atom is -0.345 e. The summed E-state index contributed by atoms with van der Waals surface area (Å²) in [6.45, 7) is 2.30. The van der Waals surface area contributed by atoms with Gasteiger partial charge in [0.25, 0.3) is 0 Å². The van der Waals surface area contributed by atoms with Crippen molar-refractivity contribution in [2.75, 3.05) is 0 Å². The van der Waals surface area contributed by atoms with Gasteiger partial charge in [0.15, 0.2) is 0 Å². The molecule has 84 valence electrons. The van der Waals surface area contributed by atoms with Crippen LogP contribution in [0.3, 0.4) is 0 Å². The fourth-order valence-corrected chi connectivity index (χ4v) is 2.63. The van der Waals surface area contributed by atoms with Gasteiger partial charge >= 0.3 is 0 Å². The first-order valence-electron chi connectivity index (χ1n) is 5.93. The van der Waals surface area contributed by atoms with Crippen LogP contribution in [-0.2, 0) is 5.88 Å². The molecule has 1 aromatic rings. The third kappa shape index (κ3) is 2.54. The van der Waals surface area contributed by atoms with E-state index in [2.05, 4.69) is 16.9 Å². The molecule has 1 aliphatic rings. The van der Waals surface area contributed by atoms with E-state index >= 15 is 0 Å². The molecule has 2 rings (SSSR count). The molecular weight excluding hydrogens is 208 g/mol. The Labute approximate surface area is 96.4 Å². The Morgan fingerprint density at radius 3 is 2.67 bits per heavy atom. The van der Waals surface area contributed by atoms with Crippen LogP contribution < -0.4 is 0 Å². The smallest absolute Gasteiger partial charge is 0.109 e. The average Bonchev–Trinajstić information content (AvgIpc) is 2.78. The molecule has 1 heterocycles. The predicted octanol–water partition coefficient (Wildman–Crippen LogP) is 3.83. The van der Waals surface area contributed by atoms with Gasteiger partial charge < -0.3 is 4.98 Å². The SMILES string of the molecule is CCC1CCC(c2ncc(CCl)[nH]2)CC1. The lowest BCUT2D eigenvalue weighted by atomic mass is 9.80. The second-order valence-electron chi connectivity index (χ2n) is 4.55. The molecule has 0 aromatic carbocycles. The van der Waals surface area contributed by atoms with Crippen molar-refractivity contribution in [1.29, 1.82) is 0 Å². The Balaban J connectivity index is 1.95. The first-order chi connectivity index (χ1) is 7.33. The molecule has 0 saturated heterocycles. The third-order valence-corrected chi connectivity index (χ3v) is 3.89. The van der Waals surface area contributed by atoms with Crippen molar-refractivity contribution in [3.8, 4) is 0 Å². The third-order valence-electron chi connectivity index (χ3n) is 3.60. The van der Waals surface area contributed by atoms with Crippen molar-refractivity contribution in [1.82, 2.24) is 9.97 Å². The van der Waals surface area contributed by atoms with E-state index < -0.39 is 0 Å². The monoisotopic (exact) mass is 226 g/mol. The van der Waals surface area contributed by atoms with Gasteiger partial charge in [0.05, 0.1) is 5.88 Å². The van der Waals surface area contributed by atoms with Gasteiger partial charge in [-0.25, -0.2) is 4.98 Å². The molecule has 15 heavy (non-hydrogen) atoms. The zero-order valence-electron chi connectivity index (χ0n) is 9.30. The van der Waals surface area contributed by atoms with Gasteiger partial charge in [-0.2, -0.15) is 0 Å². The number of H-pyrrole nitrogens is 1. The highest BCUT2D eigenvalue weighted by Gasteiger charge is 2.22. The van der Waals surface area contributed by atoms with Crippen LogP contribution in [0.5, 0.6) is 0 Å². The van der Waals surface area contributed by atoms with Crippen molar-refractivity contribution < 1.29 is 0 Å². The highest BCUT2D eigenvalue weighted by molar-refractivity contribution is 6.16. The summed E-state index contributed by atoms with van der Waals surface area (Å²) in [5.74, 6) is 3.28. The van der Waals surface area contributed by atoms with Gasteiger partial charge in [0.2, 0.25) is 0 Å². The van der Waals surface area contributed by atoms with Gasteiger partial charge in [-0.1, -0.05) is 13.3 Å². The normalized spacial score (nSPS) is 26.8. The summed E-state index contributed by atoms with van der Waals surface area (Å²) in [5, 5.41) is 0. The standard InChI is InChI=1S/C12H19ClN2/c1-2-9-3-5-10(6-4-9)12-14-8-11(7-13)15-12/h8-10H,2-7H2,1H3,(H,14,15). The lowest BCUT2D eigenvalue weighted by Crippen LogP contribution is -2.13. The van der Waals surface area contributed by atoms with Crippen molar-refractivity contribution in [2.45, 2.75) is 50.8 Å². The zero-order chi connectivity index (χ0) is 10.7. The Bertz CT molecular complexity index is 300. The maximum Gasteiger partial charge on any atom is 0.109 e. The fourth-order valence-electron chi connectivity index (χ4n) is 2.50. The summed E-state index contributed by atoms with van der Waals surface area (Å²) < 4.78 is 0. The lowest BCUT2D eigenvalue weighted by Gasteiger charge is -2.26. The molecule has 1 aromatic heterocycles. The number of aromatic nitrogens is 2. The van der Waals surface area contributed by atoms with E-state index in [4.69, 9.17) is 11.6 Å². The summed E-state index contributed by atoms with van der Waals surface area (Å²) in [6, 6.07) is 0. The van der Waals surface area contributed by atoms with Gasteiger partial charge in [-0.05, 0) is 31.6 Å². The number of rotatable bonds is 3. The highest BCUT2D eigenvalue weighted by atomic mass is 35.5. The van der Waals surface area contributed by atoms with Crippen LogP contribution in [0.1, 0.15) is 56.5 Å². The van der Waals surface area contributed by atoms with E-state index in [1.54, 1.807) is 0 Å². The quantitative estimate of drug-likeness (QED) is 0.780. The lowest BCUT2D eigenvalue weighted by molar-refractivity contribution is 0.313. The molecule has 0 amide bonds. The van der Waals surface area contributed by atoms with Crippen molar-refractivity contribution in [2.24, 2.45) is 5.92 Å². The van der Waals surface area contributed by atoms with Gasteiger partial charge in [-0.15, -0.1) is 11.6 Å². The van der Waals surface area contributed by atoms with E-state index in [9.17, 15) is 0 Å². The predicted molar refractivity (Wildman–Crippen MR) is 63.1 cm³/mol. The summed E-state index contributed by atoms with van der Waals surface area (Å²) in [6.07, 6.45) is 8.49. The number of imidazole rings is 1. The molecule has 1 saturated carbocycles. The zero-order valence-corrected chi connectivity index (χ0v) is 10.1.